The number of nitro benzene ring substituents is 1. The summed E-state index contributed by atoms with van der Waals surface area (Å²) < 4.78 is 23.6. The Bertz CT molecular complexity index is 1070. The molecular weight excluding hydrogens is 443 g/mol. The standard InChI is InChI=1S/C21H20ClFN4O5/c22-17-8-16(23)2-1-14(17)11-26-5-3-13(4-6-26)21(28)25-24-10-15-7-19-20(32-12-31-19)9-18(15)27(29)30/h1-2,7-10,13H,3-6,11-12H2,(H,25,28). The molecule has 0 radical (unpaired) electrons. The predicted molar refractivity (Wildman–Crippen MR) is 114 cm³/mol. The Labute approximate surface area is 187 Å². The van der Waals surface area contributed by atoms with Gasteiger partial charge in [-0.15, -0.1) is 0 Å². The highest BCUT2D eigenvalue weighted by Crippen LogP contribution is 2.37. The van der Waals surface area contributed by atoms with Crippen molar-refractivity contribution in [3.8, 4) is 11.5 Å². The Hall–Kier alpha value is -3.24. The van der Waals surface area contributed by atoms with Gasteiger partial charge in [-0.05, 0) is 49.7 Å². The van der Waals surface area contributed by atoms with E-state index in [0.717, 1.165) is 5.56 Å². The number of hydrogen-bond acceptors (Lipinski definition) is 7. The highest BCUT2D eigenvalue weighted by Gasteiger charge is 2.26. The lowest BCUT2D eigenvalue weighted by Crippen LogP contribution is -2.39. The largest absolute Gasteiger partial charge is 0.454 e. The zero-order chi connectivity index (χ0) is 22.7. The van der Waals surface area contributed by atoms with Gasteiger partial charge < -0.3 is 9.47 Å². The number of carbonyl (C=O) groups is 1. The number of benzene rings is 2. The Balaban J connectivity index is 1.31. The van der Waals surface area contributed by atoms with Gasteiger partial charge >= 0.3 is 0 Å². The number of amides is 1. The average molecular weight is 463 g/mol. The van der Waals surface area contributed by atoms with Crippen molar-refractivity contribution in [3.63, 3.8) is 0 Å². The minimum absolute atomic E-state index is 0.00408. The number of rotatable bonds is 6. The first-order chi connectivity index (χ1) is 15.4. The molecule has 1 amide bonds. The lowest BCUT2D eigenvalue weighted by atomic mass is 9.96. The van der Waals surface area contributed by atoms with E-state index in [-0.39, 0.29) is 35.7 Å². The summed E-state index contributed by atoms with van der Waals surface area (Å²) >= 11 is 6.09. The van der Waals surface area contributed by atoms with Crippen LogP contribution in [0, 0.1) is 21.8 Å². The molecule has 0 bridgehead atoms. The maximum atomic E-state index is 13.2. The van der Waals surface area contributed by atoms with Crippen LogP contribution in [0.3, 0.4) is 0 Å². The summed E-state index contributed by atoms with van der Waals surface area (Å²) in [5, 5.41) is 15.6. The second-order valence-corrected chi connectivity index (χ2v) is 7.95. The molecule has 2 heterocycles. The molecule has 1 N–H and O–H groups in total. The van der Waals surface area contributed by atoms with Crippen LogP contribution in [0.5, 0.6) is 11.5 Å². The van der Waals surface area contributed by atoms with Crippen molar-refractivity contribution in [2.75, 3.05) is 19.9 Å². The average Bonchev–Trinajstić information content (AvgIpc) is 3.23. The number of piperidine rings is 1. The topological polar surface area (TPSA) is 106 Å². The van der Waals surface area contributed by atoms with Gasteiger partial charge in [-0.2, -0.15) is 5.10 Å². The number of likely N-dealkylation sites (tertiary alicyclic amines) is 1. The summed E-state index contributed by atoms with van der Waals surface area (Å²) in [5.74, 6) is -0.160. The summed E-state index contributed by atoms with van der Waals surface area (Å²) in [6.07, 6.45) is 2.48. The molecule has 1 saturated heterocycles. The highest BCUT2D eigenvalue weighted by atomic mass is 35.5. The monoisotopic (exact) mass is 462 g/mol. The summed E-state index contributed by atoms with van der Waals surface area (Å²) in [6, 6.07) is 7.06. The third-order valence-electron chi connectivity index (χ3n) is 5.46. The molecule has 2 aliphatic rings. The first-order valence-electron chi connectivity index (χ1n) is 9.98. The van der Waals surface area contributed by atoms with Crippen LogP contribution in [0.15, 0.2) is 35.4 Å². The van der Waals surface area contributed by atoms with Crippen LogP contribution in [-0.4, -0.2) is 41.8 Å². The number of hydrazone groups is 1. The van der Waals surface area contributed by atoms with Gasteiger partial charge in [0, 0.05) is 17.5 Å². The van der Waals surface area contributed by atoms with Gasteiger partial charge in [-0.1, -0.05) is 17.7 Å². The molecule has 4 rings (SSSR count). The summed E-state index contributed by atoms with van der Waals surface area (Å²) in [6.45, 7) is 1.95. The molecule has 0 aromatic heterocycles. The number of halogens is 2. The first-order valence-corrected chi connectivity index (χ1v) is 10.4. The van der Waals surface area contributed by atoms with Crippen LogP contribution in [0.4, 0.5) is 10.1 Å². The quantitative estimate of drug-likeness (QED) is 0.400. The fourth-order valence-electron chi connectivity index (χ4n) is 3.71. The van der Waals surface area contributed by atoms with Gasteiger partial charge in [0.15, 0.2) is 11.5 Å². The van der Waals surface area contributed by atoms with E-state index < -0.39 is 4.92 Å². The van der Waals surface area contributed by atoms with Crippen molar-refractivity contribution < 1.29 is 23.6 Å². The first kappa shape index (κ1) is 22.0. The van der Waals surface area contributed by atoms with E-state index in [9.17, 15) is 19.3 Å². The van der Waals surface area contributed by atoms with Crippen LogP contribution in [0.2, 0.25) is 5.02 Å². The van der Waals surface area contributed by atoms with Crippen LogP contribution < -0.4 is 14.9 Å². The van der Waals surface area contributed by atoms with Gasteiger partial charge in [0.25, 0.3) is 5.69 Å². The van der Waals surface area contributed by atoms with E-state index in [1.165, 1.54) is 30.5 Å². The number of nitrogens with zero attached hydrogens (tertiary/aromatic N) is 3. The zero-order valence-corrected chi connectivity index (χ0v) is 17.7. The van der Waals surface area contributed by atoms with Crippen molar-refractivity contribution in [1.82, 2.24) is 10.3 Å². The molecule has 32 heavy (non-hydrogen) atoms. The normalized spacial score (nSPS) is 16.4. The number of nitrogens with one attached hydrogen (secondary N) is 1. The van der Waals surface area contributed by atoms with Crippen molar-refractivity contribution in [3.05, 3.63) is 62.4 Å². The van der Waals surface area contributed by atoms with Crippen molar-refractivity contribution in [1.29, 1.82) is 0 Å². The Kier molecular flexibility index (Phi) is 6.52. The molecule has 0 aliphatic carbocycles. The summed E-state index contributed by atoms with van der Waals surface area (Å²) in [7, 11) is 0. The summed E-state index contributed by atoms with van der Waals surface area (Å²) in [5.41, 5.74) is 3.31. The number of ether oxygens (including phenoxy) is 2. The van der Waals surface area contributed by atoms with Crippen molar-refractivity contribution in [2.24, 2.45) is 11.0 Å². The van der Waals surface area contributed by atoms with Gasteiger partial charge in [0.2, 0.25) is 12.7 Å². The lowest BCUT2D eigenvalue weighted by Gasteiger charge is -2.31. The third kappa shape index (κ3) is 4.97. The fraction of sp³-hybridized carbons (Fsp3) is 0.333. The Morgan fingerprint density at radius 3 is 2.69 bits per heavy atom. The van der Waals surface area contributed by atoms with E-state index >= 15 is 0 Å². The zero-order valence-electron chi connectivity index (χ0n) is 16.9. The van der Waals surface area contributed by atoms with E-state index in [1.807, 2.05) is 0 Å². The van der Waals surface area contributed by atoms with Gasteiger partial charge in [-0.25, -0.2) is 9.82 Å². The van der Waals surface area contributed by atoms with E-state index in [4.69, 9.17) is 21.1 Å². The van der Waals surface area contributed by atoms with Gasteiger partial charge in [0.05, 0.1) is 22.8 Å². The number of carbonyl (C=O) groups excluding carboxylic acids is 1. The maximum Gasteiger partial charge on any atom is 0.282 e. The number of hydrogen-bond donors (Lipinski definition) is 1. The number of fused-ring (bicyclic) bond motifs is 1. The molecule has 2 aromatic carbocycles. The second-order valence-electron chi connectivity index (χ2n) is 7.54. The molecule has 2 aromatic rings. The molecule has 0 saturated carbocycles. The SMILES string of the molecule is O=C(NN=Cc1cc2c(cc1[N+](=O)[O-])OCO2)C1CCN(Cc2ccc(F)cc2Cl)CC1. The van der Waals surface area contributed by atoms with Crippen molar-refractivity contribution in [2.45, 2.75) is 19.4 Å². The fourth-order valence-corrected chi connectivity index (χ4v) is 3.94. The molecule has 0 unspecified atom stereocenters. The molecule has 1 fully saturated rings. The second kappa shape index (κ2) is 9.49. The van der Waals surface area contributed by atoms with Crippen LogP contribution in [0.1, 0.15) is 24.0 Å². The molecule has 0 atom stereocenters. The highest BCUT2D eigenvalue weighted by molar-refractivity contribution is 6.31. The van der Waals surface area contributed by atoms with E-state index in [2.05, 4.69) is 15.4 Å². The van der Waals surface area contributed by atoms with Crippen LogP contribution in [0.25, 0.3) is 0 Å². The minimum Gasteiger partial charge on any atom is -0.454 e. The lowest BCUT2D eigenvalue weighted by molar-refractivity contribution is -0.385. The smallest absolute Gasteiger partial charge is 0.282 e. The minimum atomic E-state index is -0.547. The predicted octanol–water partition coefficient (Wildman–Crippen LogP) is 3.48. The van der Waals surface area contributed by atoms with Crippen molar-refractivity contribution >= 4 is 29.4 Å². The molecular formula is C21H20ClFN4O5. The Morgan fingerprint density at radius 1 is 1.28 bits per heavy atom. The van der Waals surface area contributed by atoms with Gasteiger partial charge in [-0.3, -0.25) is 19.8 Å². The number of nitro groups is 1. The molecule has 9 nitrogen and oxygen atoms in total. The van der Waals surface area contributed by atoms with Crippen LogP contribution >= 0.6 is 11.6 Å². The summed E-state index contributed by atoms with van der Waals surface area (Å²) in [4.78, 5) is 25.4. The maximum absolute atomic E-state index is 13.2. The van der Waals surface area contributed by atoms with Crippen LogP contribution in [-0.2, 0) is 11.3 Å². The van der Waals surface area contributed by atoms with Gasteiger partial charge in [0.1, 0.15) is 5.82 Å². The molecule has 2 aliphatic heterocycles. The molecule has 0 spiro atoms. The Morgan fingerprint density at radius 2 is 2.00 bits per heavy atom. The van der Waals surface area contributed by atoms with E-state index in [1.54, 1.807) is 6.07 Å². The van der Waals surface area contributed by atoms with E-state index in [0.29, 0.717) is 49.0 Å². The third-order valence-corrected chi connectivity index (χ3v) is 5.82. The molecule has 11 heteroatoms. The molecule has 168 valence electrons.